The van der Waals surface area contributed by atoms with E-state index < -0.39 is 6.10 Å². The molecule has 0 saturated carbocycles. The fraction of sp³-hybridized carbons (Fsp3) is 0.474. The van der Waals surface area contributed by atoms with Crippen LogP contribution < -0.4 is 4.74 Å². The number of carbonyl (C=O) groups excluding carboxylic acids is 2. The van der Waals surface area contributed by atoms with E-state index in [2.05, 4.69) is 0 Å². The maximum atomic E-state index is 12.4. The minimum atomic E-state index is -0.896. The molecule has 0 radical (unpaired) electrons. The van der Waals surface area contributed by atoms with Gasteiger partial charge in [-0.3, -0.25) is 14.5 Å². The van der Waals surface area contributed by atoms with Crippen LogP contribution in [0.5, 0.6) is 5.75 Å². The molecular weight excluding hydrogens is 306 g/mol. The van der Waals surface area contributed by atoms with E-state index in [9.17, 15) is 14.7 Å². The van der Waals surface area contributed by atoms with Crippen molar-refractivity contribution in [3.05, 3.63) is 41.5 Å². The van der Waals surface area contributed by atoms with Gasteiger partial charge in [-0.2, -0.15) is 0 Å². The normalized spacial score (nSPS) is 24.2. The molecule has 1 saturated heterocycles. The van der Waals surface area contributed by atoms with E-state index in [4.69, 9.17) is 4.74 Å². The van der Waals surface area contributed by atoms with Crippen molar-refractivity contribution in [2.45, 2.75) is 32.8 Å². The highest BCUT2D eigenvalue weighted by molar-refractivity contribution is 6.05. The molecule has 1 aliphatic heterocycles. The van der Waals surface area contributed by atoms with Gasteiger partial charge in [-0.15, -0.1) is 0 Å². The standard InChI is InChI=1S/C19H23NO4/c1-12-7-13(2)9-15(8-12)24-11-14(21)10-20-18(22)16-5-3-4-6-17(16)19(20)23/h3-4,7-9,14,16-17,21H,5-6,10-11H2,1-2H3/t14-,16-,17+/m1/s1. The van der Waals surface area contributed by atoms with Crippen LogP contribution in [0, 0.1) is 25.7 Å². The van der Waals surface area contributed by atoms with Gasteiger partial charge in [0.2, 0.25) is 11.8 Å². The summed E-state index contributed by atoms with van der Waals surface area (Å²) in [7, 11) is 0. The first-order chi connectivity index (χ1) is 11.5. The largest absolute Gasteiger partial charge is 0.491 e. The third-order valence-corrected chi connectivity index (χ3v) is 4.63. The van der Waals surface area contributed by atoms with E-state index in [1.54, 1.807) is 0 Å². The molecule has 0 unspecified atom stereocenters. The quantitative estimate of drug-likeness (QED) is 0.663. The van der Waals surface area contributed by atoms with Crippen molar-refractivity contribution in [1.82, 2.24) is 4.90 Å². The van der Waals surface area contributed by atoms with Gasteiger partial charge in [0.1, 0.15) is 18.5 Å². The van der Waals surface area contributed by atoms with Gasteiger partial charge in [-0.05, 0) is 49.9 Å². The second-order valence-corrected chi connectivity index (χ2v) is 6.73. The van der Waals surface area contributed by atoms with Crippen molar-refractivity contribution in [1.29, 1.82) is 0 Å². The number of likely N-dealkylation sites (tertiary alicyclic amines) is 1. The fourth-order valence-corrected chi connectivity index (χ4v) is 3.52. The highest BCUT2D eigenvalue weighted by Gasteiger charge is 2.47. The Kier molecular flexibility index (Phi) is 4.71. The summed E-state index contributed by atoms with van der Waals surface area (Å²) in [4.78, 5) is 25.9. The van der Waals surface area contributed by atoms with E-state index in [0.29, 0.717) is 18.6 Å². The van der Waals surface area contributed by atoms with Crippen LogP contribution in [0.25, 0.3) is 0 Å². The van der Waals surface area contributed by atoms with Crippen molar-refractivity contribution >= 4 is 11.8 Å². The number of β-amino-alcohol motifs (C(OH)–C–C–N with tert-alkyl or cyclic N) is 1. The number of carbonyl (C=O) groups is 2. The van der Waals surface area contributed by atoms with E-state index in [0.717, 1.165) is 11.1 Å². The number of rotatable bonds is 5. The molecule has 1 N–H and O–H groups in total. The third-order valence-electron chi connectivity index (χ3n) is 4.63. The van der Waals surface area contributed by atoms with Crippen LogP contribution in [-0.2, 0) is 9.59 Å². The van der Waals surface area contributed by atoms with Crippen molar-refractivity contribution in [2.75, 3.05) is 13.2 Å². The highest BCUT2D eigenvalue weighted by atomic mass is 16.5. The Morgan fingerprint density at radius 1 is 1.08 bits per heavy atom. The summed E-state index contributed by atoms with van der Waals surface area (Å²) in [5, 5.41) is 10.2. The Balaban J connectivity index is 1.58. The molecule has 5 heteroatoms. The lowest BCUT2D eigenvalue weighted by molar-refractivity contribution is -0.141. The lowest BCUT2D eigenvalue weighted by Crippen LogP contribution is -2.40. The number of imide groups is 1. The number of ether oxygens (including phenoxy) is 1. The lowest BCUT2D eigenvalue weighted by atomic mass is 9.85. The van der Waals surface area contributed by atoms with Gasteiger partial charge in [0.05, 0.1) is 18.4 Å². The minimum absolute atomic E-state index is 0.00450. The molecule has 128 valence electrons. The molecule has 24 heavy (non-hydrogen) atoms. The highest BCUT2D eigenvalue weighted by Crippen LogP contribution is 2.35. The summed E-state index contributed by atoms with van der Waals surface area (Å²) in [5.41, 5.74) is 2.17. The smallest absolute Gasteiger partial charge is 0.233 e. The summed E-state index contributed by atoms with van der Waals surface area (Å²) >= 11 is 0. The zero-order valence-corrected chi connectivity index (χ0v) is 14.1. The average Bonchev–Trinajstić information content (AvgIpc) is 2.78. The molecule has 1 aliphatic carbocycles. The molecule has 0 bridgehead atoms. The summed E-state index contributed by atoms with van der Waals surface area (Å²) in [6, 6.07) is 5.83. The number of benzene rings is 1. The van der Waals surface area contributed by atoms with Crippen LogP contribution in [0.2, 0.25) is 0 Å². The zero-order valence-electron chi connectivity index (χ0n) is 14.1. The summed E-state index contributed by atoms with van der Waals surface area (Å²) < 4.78 is 5.62. The van der Waals surface area contributed by atoms with Gasteiger partial charge in [0.15, 0.2) is 0 Å². The van der Waals surface area contributed by atoms with E-state index in [1.165, 1.54) is 4.90 Å². The first-order valence-corrected chi connectivity index (χ1v) is 8.35. The molecule has 5 nitrogen and oxygen atoms in total. The third kappa shape index (κ3) is 3.36. The second kappa shape index (κ2) is 6.77. The Hall–Kier alpha value is -2.14. The van der Waals surface area contributed by atoms with E-state index in [-0.39, 0.29) is 36.8 Å². The van der Waals surface area contributed by atoms with Crippen LogP contribution >= 0.6 is 0 Å². The number of hydrogen-bond acceptors (Lipinski definition) is 4. The number of fused-ring (bicyclic) bond motifs is 1. The maximum Gasteiger partial charge on any atom is 0.233 e. The molecular formula is C19H23NO4. The molecule has 2 aliphatic rings. The van der Waals surface area contributed by atoms with Crippen molar-refractivity contribution in [2.24, 2.45) is 11.8 Å². The lowest BCUT2D eigenvalue weighted by Gasteiger charge is -2.19. The van der Waals surface area contributed by atoms with Crippen LogP contribution in [0.15, 0.2) is 30.4 Å². The summed E-state index contributed by atoms with van der Waals surface area (Å²) in [6.45, 7) is 4.00. The number of nitrogens with zero attached hydrogens (tertiary/aromatic N) is 1. The van der Waals surface area contributed by atoms with Gasteiger partial charge in [0.25, 0.3) is 0 Å². The van der Waals surface area contributed by atoms with Crippen LogP contribution in [-0.4, -0.2) is 41.1 Å². The Morgan fingerprint density at radius 3 is 2.17 bits per heavy atom. The summed E-state index contributed by atoms with van der Waals surface area (Å²) in [6.07, 6.45) is 4.24. The number of aliphatic hydroxyl groups is 1. The molecule has 0 aromatic heterocycles. The van der Waals surface area contributed by atoms with Crippen molar-refractivity contribution in [3.8, 4) is 5.75 Å². The van der Waals surface area contributed by atoms with Gasteiger partial charge < -0.3 is 9.84 Å². The topological polar surface area (TPSA) is 66.8 Å². The summed E-state index contributed by atoms with van der Waals surface area (Å²) in [5.74, 6) is -0.159. The molecule has 0 spiro atoms. The minimum Gasteiger partial charge on any atom is -0.491 e. The predicted octanol–water partition coefficient (Wildman–Crippen LogP) is 1.99. The number of aryl methyl sites for hydroxylation is 2. The Labute approximate surface area is 141 Å². The monoisotopic (exact) mass is 329 g/mol. The molecule has 3 rings (SSSR count). The first kappa shape index (κ1) is 16.7. The SMILES string of the molecule is Cc1cc(C)cc(OC[C@H](O)CN2C(=O)[C@H]3CC=CC[C@H]3C2=O)c1. The number of amides is 2. The molecule has 2 amide bonds. The zero-order chi connectivity index (χ0) is 17.3. The van der Waals surface area contributed by atoms with Gasteiger partial charge >= 0.3 is 0 Å². The Bertz CT molecular complexity index is 636. The van der Waals surface area contributed by atoms with Gasteiger partial charge in [-0.1, -0.05) is 18.2 Å². The van der Waals surface area contributed by atoms with E-state index >= 15 is 0 Å². The molecule has 1 fully saturated rings. The maximum absolute atomic E-state index is 12.4. The predicted molar refractivity (Wildman–Crippen MR) is 89.5 cm³/mol. The molecule has 1 heterocycles. The second-order valence-electron chi connectivity index (χ2n) is 6.73. The van der Waals surface area contributed by atoms with E-state index in [1.807, 2.05) is 44.2 Å². The first-order valence-electron chi connectivity index (χ1n) is 8.35. The van der Waals surface area contributed by atoms with Crippen LogP contribution in [0.3, 0.4) is 0 Å². The molecule has 3 atom stereocenters. The molecule has 1 aromatic carbocycles. The van der Waals surface area contributed by atoms with Crippen LogP contribution in [0.4, 0.5) is 0 Å². The number of hydrogen-bond donors (Lipinski definition) is 1. The average molecular weight is 329 g/mol. The number of allylic oxidation sites excluding steroid dienone is 2. The van der Waals surface area contributed by atoms with Crippen molar-refractivity contribution in [3.63, 3.8) is 0 Å². The fourth-order valence-electron chi connectivity index (χ4n) is 3.52. The van der Waals surface area contributed by atoms with Gasteiger partial charge in [0, 0.05) is 0 Å². The number of aliphatic hydroxyl groups excluding tert-OH is 1. The van der Waals surface area contributed by atoms with Crippen molar-refractivity contribution < 1.29 is 19.4 Å². The Morgan fingerprint density at radius 2 is 1.62 bits per heavy atom. The molecule has 1 aromatic rings. The van der Waals surface area contributed by atoms with Gasteiger partial charge in [-0.25, -0.2) is 0 Å². The van der Waals surface area contributed by atoms with Crippen LogP contribution in [0.1, 0.15) is 24.0 Å².